The van der Waals surface area contributed by atoms with Gasteiger partial charge in [0.25, 0.3) is 0 Å². The van der Waals surface area contributed by atoms with Crippen molar-refractivity contribution in [1.82, 2.24) is 10.2 Å². The molecular formula is C6H11N5O. The molecule has 1 aromatic rings. The molecule has 1 amide bonds. The van der Waals surface area contributed by atoms with Crippen molar-refractivity contribution in [2.24, 2.45) is 5.73 Å². The number of aromatic amines is 1. The molecule has 0 aliphatic carbocycles. The molecule has 0 bridgehead atoms. The van der Waals surface area contributed by atoms with Crippen LogP contribution in [-0.2, 0) is 4.79 Å². The van der Waals surface area contributed by atoms with Gasteiger partial charge in [-0.1, -0.05) is 0 Å². The molecule has 0 fully saturated rings. The SMILES string of the molecule is NC(=O)CCNc1cn[nH]c1N. The normalized spacial score (nSPS) is 9.67. The van der Waals surface area contributed by atoms with Crippen LogP contribution in [0.4, 0.5) is 11.5 Å². The minimum atomic E-state index is -0.343. The minimum Gasteiger partial charge on any atom is -0.382 e. The Morgan fingerprint density at radius 2 is 2.50 bits per heavy atom. The van der Waals surface area contributed by atoms with Crippen LogP contribution in [0.5, 0.6) is 0 Å². The Balaban J connectivity index is 2.33. The molecule has 1 heterocycles. The van der Waals surface area contributed by atoms with Crippen molar-refractivity contribution in [2.75, 3.05) is 17.6 Å². The number of nitrogens with one attached hydrogen (secondary N) is 2. The highest BCUT2D eigenvalue weighted by atomic mass is 16.1. The molecule has 0 unspecified atom stereocenters. The average Bonchev–Trinajstić information content (AvgIpc) is 2.36. The van der Waals surface area contributed by atoms with E-state index in [4.69, 9.17) is 11.5 Å². The third-order valence-electron chi connectivity index (χ3n) is 1.36. The number of rotatable bonds is 4. The van der Waals surface area contributed by atoms with Gasteiger partial charge in [-0.05, 0) is 0 Å². The summed E-state index contributed by atoms with van der Waals surface area (Å²) in [5.41, 5.74) is 11.1. The fraction of sp³-hybridized carbons (Fsp3) is 0.333. The number of nitrogen functional groups attached to an aromatic ring is 1. The zero-order chi connectivity index (χ0) is 8.97. The van der Waals surface area contributed by atoms with Crippen LogP contribution >= 0.6 is 0 Å². The van der Waals surface area contributed by atoms with Crippen molar-refractivity contribution >= 4 is 17.4 Å². The van der Waals surface area contributed by atoms with E-state index in [0.717, 1.165) is 0 Å². The summed E-state index contributed by atoms with van der Waals surface area (Å²) in [4.78, 5) is 10.3. The van der Waals surface area contributed by atoms with Gasteiger partial charge in [0.2, 0.25) is 5.91 Å². The Bertz CT molecular complexity index is 269. The molecule has 0 saturated carbocycles. The molecule has 6 heteroatoms. The lowest BCUT2D eigenvalue weighted by Crippen LogP contribution is -2.15. The van der Waals surface area contributed by atoms with Crippen LogP contribution in [0.15, 0.2) is 6.20 Å². The van der Waals surface area contributed by atoms with E-state index >= 15 is 0 Å². The van der Waals surface area contributed by atoms with Gasteiger partial charge in [0.1, 0.15) is 5.82 Å². The number of carbonyl (C=O) groups is 1. The maximum Gasteiger partial charge on any atom is 0.219 e. The van der Waals surface area contributed by atoms with Crippen LogP contribution in [0.25, 0.3) is 0 Å². The first-order valence-corrected chi connectivity index (χ1v) is 3.51. The van der Waals surface area contributed by atoms with E-state index in [1.807, 2.05) is 0 Å². The smallest absolute Gasteiger partial charge is 0.219 e. The van der Waals surface area contributed by atoms with Gasteiger partial charge in [-0.25, -0.2) is 0 Å². The summed E-state index contributed by atoms with van der Waals surface area (Å²) in [7, 11) is 0. The largest absolute Gasteiger partial charge is 0.382 e. The molecule has 0 atom stereocenters. The van der Waals surface area contributed by atoms with Crippen molar-refractivity contribution in [3.8, 4) is 0 Å². The summed E-state index contributed by atoms with van der Waals surface area (Å²) in [5, 5.41) is 9.15. The minimum absolute atomic E-state index is 0.282. The van der Waals surface area contributed by atoms with Crippen LogP contribution in [0, 0.1) is 0 Å². The number of hydrogen-bond acceptors (Lipinski definition) is 4. The second-order valence-electron chi connectivity index (χ2n) is 2.34. The molecule has 6 N–H and O–H groups in total. The highest BCUT2D eigenvalue weighted by Gasteiger charge is 1.99. The molecule has 0 radical (unpaired) electrons. The zero-order valence-electron chi connectivity index (χ0n) is 6.50. The molecule has 0 aliphatic heterocycles. The Kier molecular flexibility index (Phi) is 2.52. The summed E-state index contributed by atoms with van der Waals surface area (Å²) < 4.78 is 0. The maximum atomic E-state index is 10.3. The molecule has 12 heavy (non-hydrogen) atoms. The van der Waals surface area contributed by atoms with Gasteiger partial charge in [-0.15, -0.1) is 0 Å². The van der Waals surface area contributed by atoms with Crippen molar-refractivity contribution in [3.63, 3.8) is 0 Å². The second-order valence-corrected chi connectivity index (χ2v) is 2.34. The lowest BCUT2D eigenvalue weighted by Gasteiger charge is -2.01. The second kappa shape index (κ2) is 3.61. The van der Waals surface area contributed by atoms with Crippen LogP contribution in [0.2, 0.25) is 0 Å². The molecule has 0 aromatic carbocycles. The molecule has 66 valence electrons. The molecule has 1 rings (SSSR count). The van der Waals surface area contributed by atoms with Gasteiger partial charge < -0.3 is 16.8 Å². The van der Waals surface area contributed by atoms with E-state index in [0.29, 0.717) is 18.1 Å². The standard InChI is InChI=1S/C6H11N5O/c7-5(12)1-2-9-4-3-10-11-6(4)8/h3,9H,1-2H2,(H2,7,12)(H3,8,10,11). The van der Waals surface area contributed by atoms with Gasteiger partial charge in [0.05, 0.1) is 11.9 Å². The highest BCUT2D eigenvalue weighted by Crippen LogP contribution is 2.11. The predicted molar refractivity (Wildman–Crippen MR) is 45.3 cm³/mol. The average molecular weight is 169 g/mol. The van der Waals surface area contributed by atoms with Crippen LogP contribution in [0.3, 0.4) is 0 Å². The van der Waals surface area contributed by atoms with E-state index < -0.39 is 0 Å². The van der Waals surface area contributed by atoms with Gasteiger partial charge in [0.15, 0.2) is 0 Å². The quantitative estimate of drug-likeness (QED) is 0.476. The third-order valence-corrected chi connectivity index (χ3v) is 1.36. The Morgan fingerprint density at radius 3 is 3.00 bits per heavy atom. The predicted octanol–water partition coefficient (Wildman–Crippen LogP) is -0.721. The number of nitrogens with zero attached hydrogens (tertiary/aromatic N) is 1. The topological polar surface area (TPSA) is 110 Å². The first-order valence-electron chi connectivity index (χ1n) is 3.51. The van der Waals surface area contributed by atoms with Gasteiger partial charge in [0, 0.05) is 13.0 Å². The summed E-state index contributed by atoms with van der Waals surface area (Å²) in [6.45, 7) is 0.471. The van der Waals surface area contributed by atoms with Gasteiger partial charge in [-0.3, -0.25) is 9.89 Å². The number of anilines is 2. The van der Waals surface area contributed by atoms with E-state index in [1.54, 1.807) is 6.20 Å². The number of carbonyl (C=O) groups excluding carboxylic acids is 1. The number of hydrogen-bond donors (Lipinski definition) is 4. The van der Waals surface area contributed by atoms with Crippen molar-refractivity contribution in [3.05, 3.63) is 6.20 Å². The number of aromatic nitrogens is 2. The van der Waals surface area contributed by atoms with Crippen molar-refractivity contribution < 1.29 is 4.79 Å². The lowest BCUT2D eigenvalue weighted by molar-refractivity contribution is -0.117. The van der Waals surface area contributed by atoms with Gasteiger partial charge in [-0.2, -0.15) is 5.10 Å². The summed E-state index contributed by atoms with van der Waals surface area (Å²) in [6.07, 6.45) is 1.83. The van der Waals surface area contributed by atoms with E-state index in [-0.39, 0.29) is 12.3 Å². The Labute approximate surface area is 69.3 Å². The molecular weight excluding hydrogens is 158 g/mol. The Morgan fingerprint density at radius 1 is 1.75 bits per heavy atom. The van der Waals surface area contributed by atoms with Crippen LogP contribution < -0.4 is 16.8 Å². The van der Waals surface area contributed by atoms with Crippen molar-refractivity contribution in [1.29, 1.82) is 0 Å². The van der Waals surface area contributed by atoms with Crippen LogP contribution in [0.1, 0.15) is 6.42 Å². The van der Waals surface area contributed by atoms with E-state index in [2.05, 4.69) is 15.5 Å². The molecule has 0 saturated heterocycles. The highest BCUT2D eigenvalue weighted by molar-refractivity contribution is 5.74. The first-order chi connectivity index (χ1) is 5.70. The Hall–Kier alpha value is -1.72. The molecule has 1 aromatic heterocycles. The van der Waals surface area contributed by atoms with Crippen LogP contribution in [-0.4, -0.2) is 22.6 Å². The number of amides is 1. The maximum absolute atomic E-state index is 10.3. The summed E-state index contributed by atoms with van der Waals surface area (Å²) >= 11 is 0. The monoisotopic (exact) mass is 169 g/mol. The fourth-order valence-corrected chi connectivity index (χ4v) is 0.757. The van der Waals surface area contributed by atoms with E-state index in [1.165, 1.54) is 0 Å². The number of primary amides is 1. The van der Waals surface area contributed by atoms with E-state index in [9.17, 15) is 4.79 Å². The first kappa shape index (κ1) is 8.38. The van der Waals surface area contributed by atoms with Gasteiger partial charge >= 0.3 is 0 Å². The molecule has 0 aliphatic rings. The summed E-state index contributed by atoms with van der Waals surface area (Å²) in [6, 6.07) is 0. The number of nitrogens with two attached hydrogens (primary N) is 2. The molecule has 0 spiro atoms. The fourth-order valence-electron chi connectivity index (χ4n) is 0.757. The zero-order valence-corrected chi connectivity index (χ0v) is 6.50. The van der Waals surface area contributed by atoms with Crippen molar-refractivity contribution in [2.45, 2.75) is 6.42 Å². The third kappa shape index (κ3) is 2.15. The molecule has 6 nitrogen and oxygen atoms in total. The summed E-state index contributed by atoms with van der Waals surface area (Å²) in [5.74, 6) is 0.115. The lowest BCUT2D eigenvalue weighted by atomic mass is 10.4. The number of H-pyrrole nitrogens is 1.